The zero-order valence-corrected chi connectivity index (χ0v) is 16.7. The molecule has 0 aliphatic heterocycles. The fraction of sp³-hybridized carbons (Fsp3) is 0.895. The van der Waals surface area contributed by atoms with E-state index in [4.69, 9.17) is 0 Å². The molecular formula is C19H36F2Si. The first kappa shape index (κ1) is 21.6. The summed E-state index contributed by atoms with van der Waals surface area (Å²) in [6.45, 7) is 15.4. The number of alkyl halides is 2. The normalized spacial score (nSPS) is 12.9. The van der Waals surface area contributed by atoms with E-state index in [-0.39, 0.29) is 12.8 Å². The summed E-state index contributed by atoms with van der Waals surface area (Å²) in [4.78, 5) is 0. The minimum atomic E-state index is -2.62. The SMILES string of the molecule is CCCCCCC(F)(F)CC#C[Si](C(C)C)(C(C)C)C(C)C. The first-order chi connectivity index (χ1) is 10.1. The summed E-state index contributed by atoms with van der Waals surface area (Å²) in [6, 6.07) is 0. The average Bonchev–Trinajstić information content (AvgIpc) is 2.38. The molecule has 0 unspecified atom stereocenters. The lowest BCUT2D eigenvalue weighted by Crippen LogP contribution is -2.43. The maximum absolute atomic E-state index is 13.9. The van der Waals surface area contributed by atoms with E-state index in [0.717, 1.165) is 19.3 Å². The number of halogens is 2. The van der Waals surface area contributed by atoms with Crippen molar-refractivity contribution in [2.75, 3.05) is 0 Å². The summed E-state index contributed by atoms with van der Waals surface area (Å²) < 4.78 is 27.9. The molecule has 0 N–H and O–H groups in total. The second-order valence-electron chi connectivity index (χ2n) is 7.54. The topological polar surface area (TPSA) is 0 Å². The predicted molar refractivity (Wildman–Crippen MR) is 97.1 cm³/mol. The summed E-state index contributed by atoms with van der Waals surface area (Å²) in [7, 11) is -1.87. The summed E-state index contributed by atoms with van der Waals surface area (Å²) in [5.41, 5.74) is 4.89. The second-order valence-corrected chi connectivity index (χ2v) is 13.1. The van der Waals surface area contributed by atoms with E-state index in [2.05, 4.69) is 59.9 Å². The van der Waals surface area contributed by atoms with Gasteiger partial charge in [-0.2, -0.15) is 0 Å². The van der Waals surface area contributed by atoms with Crippen molar-refractivity contribution in [1.82, 2.24) is 0 Å². The molecule has 0 saturated carbocycles. The van der Waals surface area contributed by atoms with Crippen LogP contribution in [-0.2, 0) is 0 Å². The molecule has 0 bridgehead atoms. The van der Waals surface area contributed by atoms with E-state index in [9.17, 15) is 8.78 Å². The van der Waals surface area contributed by atoms with Gasteiger partial charge in [0.1, 0.15) is 8.07 Å². The Bertz CT molecular complexity index is 340. The van der Waals surface area contributed by atoms with Gasteiger partial charge in [-0.1, -0.05) is 67.7 Å². The van der Waals surface area contributed by atoms with Crippen LogP contribution in [0.2, 0.25) is 16.6 Å². The molecule has 0 spiro atoms. The smallest absolute Gasteiger partial charge is 0.206 e. The van der Waals surface area contributed by atoms with Gasteiger partial charge in [0.05, 0.1) is 6.42 Å². The third-order valence-corrected chi connectivity index (χ3v) is 11.3. The Hall–Kier alpha value is -0.363. The molecule has 0 nitrogen and oxygen atoms in total. The predicted octanol–water partition coefficient (Wildman–Crippen LogP) is 7.20. The van der Waals surface area contributed by atoms with Crippen molar-refractivity contribution in [1.29, 1.82) is 0 Å². The van der Waals surface area contributed by atoms with Crippen LogP contribution in [0.25, 0.3) is 0 Å². The van der Waals surface area contributed by atoms with Crippen molar-refractivity contribution < 1.29 is 8.78 Å². The van der Waals surface area contributed by atoms with E-state index in [1.807, 2.05) is 0 Å². The monoisotopic (exact) mass is 330 g/mol. The molecule has 22 heavy (non-hydrogen) atoms. The maximum Gasteiger partial charge on any atom is 0.258 e. The lowest BCUT2D eigenvalue weighted by Gasteiger charge is -2.38. The van der Waals surface area contributed by atoms with E-state index in [0.29, 0.717) is 23.0 Å². The van der Waals surface area contributed by atoms with Crippen LogP contribution in [0, 0.1) is 11.5 Å². The molecule has 0 radical (unpaired) electrons. The van der Waals surface area contributed by atoms with Crippen LogP contribution < -0.4 is 0 Å². The number of unbranched alkanes of at least 4 members (excludes halogenated alkanes) is 3. The molecule has 0 aliphatic carbocycles. The highest BCUT2D eigenvalue weighted by Crippen LogP contribution is 2.40. The van der Waals surface area contributed by atoms with Gasteiger partial charge < -0.3 is 0 Å². The fourth-order valence-corrected chi connectivity index (χ4v) is 8.92. The number of hydrogen-bond donors (Lipinski definition) is 0. The molecule has 0 fully saturated rings. The highest BCUT2D eigenvalue weighted by Gasteiger charge is 2.41. The summed E-state index contributed by atoms with van der Waals surface area (Å²) in [5.74, 6) is 0.294. The molecule has 0 aromatic rings. The molecule has 0 aliphatic rings. The molecule has 0 saturated heterocycles. The van der Waals surface area contributed by atoms with E-state index < -0.39 is 14.0 Å². The van der Waals surface area contributed by atoms with Gasteiger partial charge in [0.25, 0.3) is 5.92 Å². The van der Waals surface area contributed by atoms with Gasteiger partial charge in [-0.25, -0.2) is 8.78 Å². The van der Waals surface area contributed by atoms with E-state index in [1.54, 1.807) is 0 Å². The molecule has 0 aromatic heterocycles. The highest BCUT2D eigenvalue weighted by molar-refractivity contribution is 6.90. The Labute approximate surface area is 138 Å². The molecule has 0 heterocycles. The van der Waals surface area contributed by atoms with Crippen LogP contribution >= 0.6 is 0 Å². The summed E-state index contributed by atoms with van der Waals surface area (Å²) in [5, 5.41) is 0. The van der Waals surface area contributed by atoms with Crippen LogP contribution in [0.15, 0.2) is 0 Å². The van der Waals surface area contributed by atoms with Gasteiger partial charge in [-0.3, -0.25) is 0 Å². The van der Waals surface area contributed by atoms with Crippen LogP contribution in [0.4, 0.5) is 8.78 Å². The highest BCUT2D eigenvalue weighted by atomic mass is 28.3. The molecule has 0 atom stereocenters. The quantitative estimate of drug-likeness (QED) is 0.238. The first-order valence-electron chi connectivity index (χ1n) is 8.98. The first-order valence-corrected chi connectivity index (χ1v) is 11.2. The third-order valence-electron chi connectivity index (χ3n) is 4.91. The lowest BCUT2D eigenvalue weighted by atomic mass is 10.1. The van der Waals surface area contributed by atoms with Gasteiger partial charge in [-0.15, -0.1) is 11.5 Å². The van der Waals surface area contributed by atoms with Gasteiger partial charge in [0.15, 0.2) is 0 Å². The van der Waals surface area contributed by atoms with E-state index >= 15 is 0 Å². The fourth-order valence-electron chi connectivity index (χ4n) is 3.66. The largest absolute Gasteiger partial charge is 0.258 e. The number of rotatable bonds is 9. The second kappa shape index (κ2) is 9.70. The molecule has 3 heteroatoms. The van der Waals surface area contributed by atoms with Gasteiger partial charge in [0, 0.05) is 6.42 Å². The van der Waals surface area contributed by atoms with Crippen molar-refractivity contribution in [2.45, 2.75) is 110 Å². The van der Waals surface area contributed by atoms with Crippen LogP contribution in [0.1, 0.15) is 87.0 Å². The molecule has 130 valence electrons. The summed E-state index contributed by atoms with van der Waals surface area (Å²) >= 11 is 0. The third kappa shape index (κ3) is 6.40. The Morgan fingerprint density at radius 1 is 0.864 bits per heavy atom. The Morgan fingerprint density at radius 2 is 1.36 bits per heavy atom. The minimum Gasteiger partial charge on any atom is -0.206 e. The van der Waals surface area contributed by atoms with Crippen molar-refractivity contribution >= 4 is 8.07 Å². The molecule has 0 aromatic carbocycles. The van der Waals surface area contributed by atoms with Crippen molar-refractivity contribution in [3.63, 3.8) is 0 Å². The van der Waals surface area contributed by atoms with E-state index in [1.165, 1.54) is 0 Å². The average molecular weight is 331 g/mol. The van der Waals surface area contributed by atoms with Crippen molar-refractivity contribution in [3.8, 4) is 11.5 Å². The van der Waals surface area contributed by atoms with Crippen LogP contribution in [-0.4, -0.2) is 14.0 Å². The maximum atomic E-state index is 13.9. The van der Waals surface area contributed by atoms with Gasteiger partial charge in [-0.05, 0) is 23.0 Å². The molecule has 0 rings (SSSR count). The molecule has 0 amide bonds. The Morgan fingerprint density at radius 3 is 1.77 bits per heavy atom. The van der Waals surface area contributed by atoms with Crippen molar-refractivity contribution in [3.05, 3.63) is 0 Å². The van der Waals surface area contributed by atoms with Crippen LogP contribution in [0.5, 0.6) is 0 Å². The van der Waals surface area contributed by atoms with Crippen molar-refractivity contribution in [2.24, 2.45) is 0 Å². The zero-order chi connectivity index (χ0) is 17.4. The molecular weight excluding hydrogens is 294 g/mol. The minimum absolute atomic E-state index is 0.0126. The van der Waals surface area contributed by atoms with Gasteiger partial charge in [0.2, 0.25) is 0 Å². The summed E-state index contributed by atoms with van der Waals surface area (Å²) in [6.07, 6.45) is 3.37. The standard InChI is InChI=1S/C19H36F2Si/c1-8-9-10-11-13-19(20,21)14-12-15-22(16(2)3,17(4)5)18(6)7/h16-18H,8-11,13-14H2,1-7H3. The zero-order valence-electron chi connectivity index (χ0n) is 15.7. The number of hydrogen-bond acceptors (Lipinski definition) is 0. The Kier molecular flexibility index (Phi) is 9.54. The Balaban J connectivity index is 4.87. The van der Waals surface area contributed by atoms with Crippen LogP contribution in [0.3, 0.4) is 0 Å². The van der Waals surface area contributed by atoms with Gasteiger partial charge >= 0.3 is 0 Å². The lowest BCUT2D eigenvalue weighted by molar-refractivity contribution is -0.00460.